The van der Waals surface area contributed by atoms with Crippen molar-refractivity contribution >= 4 is 45.9 Å². The monoisotopic (exact) mass is 533 g/mol. The molecule has 31 heavy (non-hydrogen) atoms. The van der Waals surface area contributed by atoms with E-state index in [1.807, 2.05) is 19.1 Å². The molecule has 1 aliphatic carbocycles. The Morgan fingerprint density at radius 1 is 1.06 bits per heavy atom. The number of aryl methyl sites for hydroxylation is 1. The van der Waals surface area contributed by atoms with Gasteiger partial charge >= 0.3 is 0 Å². The van der Waals surface area contributed by atoms with Crippen molar-refractivity contribution in [3.8, 4) is 0 Å². The van der Waals surface area contributed by atoms with Crippen molar-refractivity contribution in [1.29, 1.82) is 0 Å². The Balaban J connectivity index is 1.34. The summed E-state index contributed by atoms with van der Waals surface area (Å²) in [4.78, 5) is 8.88. The molecule has 1 aliphatic heterocycles. The molecule has 1 saturated heterocycles. The summed E-state index contributed by atoms with van der Waals surface area (Å²) in [7, 11) is 0. The van der Waals surface area contributed by atoms with Crippen molar-refractivity contribution in [3.63, 3.8) is 0 Å². The summed E-state index contributed by atoms with van der Waals surface area (Å²) in [6, 6.07) is 5.55. The number of hydrogen-bond acceptors (Lipinski definition) is 6. The third-order valence-electron chi connectivity index (χ3n) is 5.99. The van der Waals surface area contributed by atoms with E-state index in [1.54, 1.807) is 12.3 Å². The fraction of sp³-hybridized carbons (Fsp3) is 0.409. The third kappa shape index (κ3) is 4.67. The van der Waals surface area contributed by atoms with Gasteiger partial charge in [-0.05, 0) is 97.5 Å². The second-order valence-corrected chi connectivity index (χ2v) is 9.50. The molecule has 0 amide bonds. The van der Waals surface area contributed by atoms with Crippen LogP contribution in [0.2, 0.25) is 0 Å². The molecule has 9 heteroatoms. The maximum atomic E-state index is 14.9. The van der Waals surface area contributed by atoms with E-state index in [1.165, 1.54) is 12.8 Å². The van der Waals surface area contributed by atoms with Crippen LogP contribution in [0.25, 0.3) is 0 Å². The highest BCUT2D eigenvalue weighted by Crippen LogP contribution is 2.39. The fourth-order valence-corrected chi connectivity index (χ4v) is 4.52. The Kier molecular flexibility index (Phi) is 5.79. The molecule has 0 spiro atoms. The fourth-order valence-electron chi connectivity index (χ4n) is 4.13. The van der Waals surface area contributed by atoms with Gasteiger partial charge in [0.05, 0.1) is 9.26 Å². The number of nitrogens with one attached hydrogen (secondary N) is 4. The topological polar surface area (TPSA) is 90.5 Å². The van der Waals surface area contributed by atoms with Crippen LogP contribution >= 0.6 is 22.6 Å². The van der Waals surface area contributed by atoms with E-state index < -0.39 is 0 Å². The summed E-state index contributed by atoms with van der Waals surface area (Å²) < 4.78 is 15.8. The van der Waals surface area contributed by atoms with Crippen LogP contribution in [0, 0.1) is 16.3 Å². The van der Waals surface area contributed by atoms with Gasteiger partial charge in [-0.15, -0.1) is 0 Å². The highest BCUT2D eigenvalue weighted by atomic mass is 127. The number of aromatic amines is 1. The normalized spacial score (nSPS) is 17.0. The average molecular weight is 533 g/mol. The molecule has 2 aliphatic rings. The number of hydrogen-bond donors (Lipinski definition) is 4. The smallest absolute Gasteiger partial charge is 0.229 e. The van der Waals surface area contributed by atoms with E-state index in [0.29, 0.717) is 29.3 Å². The number of halogens is 2. The van der Waals surface area contributed by atoms with Crippen LogP contribution in [-0.2, 0) is 0 Å². The molecule has 0 bridgehead atoms. The van der Waals surface area contributed by atoms with Crippen LogP contribution in [0.4, 0.5) is 27.7 Å². The number of rotatable bonds is 6. The molecular formula is C22H25FIN7. The predicted molar refractivity (Wildman–Crippen MR) is 128 cm³/mol. The van der Waals surface area contributed by atoms with Gasteiger partial charge in [0, 0.05) is 23.9 Å². The highest BCUT2D eigenvalue weighted by Gasteiger charge is 2.25. The van der Waals surface area contributed by atoms with E-state index in [0.717, 1.165) is 52.1 Å². The van der Waals surface area contributed by atoms with Crippen molar-refractivity contribution in [2.45, 2.75) is 44.4 Å². The first kappa shape index (κ1) is 20.6. The van der Waals surface area contributed by atoms with E-state index in [-0.39, 0.29) is 5.82 Å². The van der Waals surface area contributed by atoms with Crippen LogP contribution < -0.4 is 16.0 Å². The molecule has 0 unspecified atom stereocenters. The van der Waals surface area contributed by atoms with Gasteiger partial charge < -0.3 is 16.0 Å². The van der Waals surface area contributed by atoms with Crippen molar-refractivity contribution in [3.05, 3.63) is 50.6 Å². The Morgan fingerprint density at radius 3 is 2.65 bits per heavy atom. The SMILES string of the molecule is Cc1cc(Nc2ncc(I)c(Nc3cc(C4CC4)[nH]n3)n2)c(F)cc1C1CCNCC1. The minimum Gasteiger partial charge on any atom is -0.322 e. The maximum absolute atomic E-state index is 14.9. The zero-order valence-corrected chi connectivity index (χ0v) is 19.5. The number of aromatic nitrogens is 4. The average Bonchev–Trinajstić information content (AvgIpc) is 3.52. The summed E-state index contributed by atoms with van der Waals surface area (Å²) in [5.41, 5.74) is 3.72. The summed E-state index contributed by atoms with van der Waals surface area (Å²) >= 11 is 2.18. The number of anilines is 4. The van der Waals surface area contributed by atoms with E-state index >= 15 is 0 Å². The lowest BCUT2D eigenvalue weighted by atomic mass is 9.87. The molecule has 7 nitrogen and oxygen atoms in total. The number of H-pyrrole nitrogens is 1. The van der Waals surface area contributed by atoms with Gasteiger partial charge in [0.1, 0.15) is 5.82 Å². The largest absolute Gasteiger partial charge is 0.322 e. The Bertz CT molecular complexity index is 1090. The molecule has 1 aromatic carbocycles. The lowest BCUT2D eigenvalue weighted by molar-refractivity contribution is 0.457. The molecule has 5 rings (SSSR count). The number of benzene rings is 1. The molecule has 3 heterocycles. The first-order valence-corrected chi connectivity index (χ1v) is 11.8. The van der Waals surface area contributed by atoms with Crippen molar-refractivity contribution in [2.75, 3.05) is 23.7 Å². The first-order valence-electron chi connectivity index (χ1n) is 10.7. The predicted octanol–water partition coefficient (Wildman–Crippen LogP) is 5.08. The summed E-state index contributed by atoms with van der Waals surface area (Å²) in [6.45, 7) is 4.01. The van der Waals surface area contributed by atoms with E-state index in [9.17, 15) is 4.39 Å². The second kappa shape index (κ2) is 8.70. The molecule has 2 fully saturated rings. The zero-order valence-electron chi connectivity index (χ0n) is 17.3. The van der Waals surface area contributed by atoms with Crippen LogP contribution in [0.3, 0.4) is 0 Å². The Labute approximate surface area is 194 Å². The van der Waals surface area contributed by atoms with Gasteiger partial charge in [0.25, 0.3) is 0 Å². The molecule has 0 atom stereocenters. The summed E-state index contributed by atoms with van der Waals surface area (Å²) in [6.07, 6.45) is 6.21. The van der Waals surface area contributed by atoms with Crippen molar-refractivity contribution < 1.29 is 4.39 Å². The summed E-state index contributed by atoms with van der Waals surface area (Å²) in [5.74, 6) is 2.42. The Hall–Kier alpha value is -2.27. The number of piperidine rings is 1. The highest BCUT2D eigenvalue weighted by molar-refractivity contribution is 14.1. The lowest BCUT2D eigenvalue weighted by Crippen LogP contribution is -2.27. The molecule has 162 valence electrons. The van der Waals surface area contributed by atoms with Gasteiger partial charge in [0.15, 0.2) is 11.6 Å². The quantitative estimate of drug-likeness (QED) is 0.331. The molecule has 2 aromatic heterocycles. The van der Waals surface area contributed by atoms with Gasteiger partial charge in [0.2, 0.25) is 5.95 Å². The van der Waals surface area contributed by atoms with Crippen LogP contribution in [0.5, 0.6) is 0 Å². The zero-order chi connectivity index (χ0) is 21.4. The van der Waals surface area contributed by atoms with Crippen molar-refractivity contribution in [2.24, 2.45) is 0 Å². The van der Waals surface area contributed by atoms with Crippen molar-refractivity contribution in [1.82, 2.24) is 25.5 Å². The summed E-state index contributed by atoms with van der Waals surface area (Å²) in [5, 5.41) is 17.1. The standard InChI is InChI=1S/C22H25FIN7/c1-12-8-19(16(23)9-15(12)13-4-6-25-7-5-13)27-22-26-11-17(24)21(29-22)28-20-10-18(30-31-20)14-2-3-14/h8-11,13-14,25H,2-7H2,1H3,(H3,26,27,28,29,30,31). The van der Waals surface area contributed by atoms with Gasteiger partial charge in [-0.25, -0.2) is 9.37 Å². The van der Waals surface area contributed by atoms with Gasteiger partial charge in [-0.2, -0.15) is 10.1 Å². The lowest BCUT2D eigenvalue weighted by Gasteiger charge is -2.25. The molecule has 0 radical (unpaired) electrons. The molecular weight excluding hydrogens is 508 g/mol. The maximum Gasteiger partial charge on any atom is 0.229 e. The molecule has 3 aromatic rings. The van der Waals surface area contributed by atoms with Gasteiger partial charge in [-0.1, -0.05) is 0 Å². The van der Waals surface area contributed by atoms with Crippen LogP contribution in [0.15, 0.2) is 24.4 Å². The third-order valence-corrected chi connectivity index (χ3v) is 6.78. The van der Waals surface area contributed by atoms with E-state index in [2.05, 4.69) is 58.7 Å². The second-order valence-electron chi connectivity index (χ2n) is 8.34. The van der Waals surface area contributed by atoms with Crippen LogP contribution in [-0.4, -0.2) is 33.3 Å². The first-order chi connectivity index (χ1) is 15.1. The minimum atomic E-state index is -0.280. The van der Waals surface area contributed by atoms with E-state index in [4.69, 9.17) is 0 Å². The van der Waals surface area contributed by atoms with Gasteiger partial charge in [-0.3, -0.25) is 5.10 Å². The minimum absolute atomic E-state index is 0.280. The van der Waals surface area contributed by atoms with Crippen LogP contribution in [0.1, 0.15) is 54.3 Å². The Morgan fingerprint density at radius 2 is 1.87 bits per heavy atom. The molecule has 1 saturated carbocycles. The number of nitrogens with zero attached hydrogens (tertiary/aromatic N) is 3. The molecule has 4 N–H and O–H groups in total.